The predicted octanol–water partition coefficient (Wildman–Crippen LogP) is 2.18. The third-order valence-electron chi connectivity index (χ3n) is 2.59. The highest BCUT2D eigenvalue weighted by atomic mass is 35.5. The highest BCUT2D eigenvalue weighted by molar-refractivity contribution is 6.33. The zero-order chi connectivity index (χ0) is 15.4. The molecule has 0 bridgehead atoms. The number of hydrogen-bond acceptors (Lipinski definition) is 4. The van der Waals surface area contributed by atoms with Gasteiger partial charge in [0.15, 0.2) is 0 Å². The van der Waals surface area contributed by atoms with Crippen molar-refractivity contribution in [1.29, 1.82) is 0 Å². The quantitative estimate of drug-likeness (QED) is 0.663. The molecule has 8 heteroatoms. The Balaban J connectivity index is 3.28. The molecule has 1 amide bonds. The van der Waals surface area contributed by atoms with Crippen molar-refractivity contribution < 1.29 is 19.6 Å². The first-order chi connectivity index (χ1) is 9.25. The second-order valence-electron chi connectivity index (χ2n) is 4.31. The molecule has 1 aromatic carbocycles. The first-order valence-electron chi connectivity index (χ1n) is 5.71. The van der Waals surface area contributed by atoms with Crippen molar-refractivity contribution in [3.8, 4) is 0 Å². The second kappa shape index (κ2) is 6.33. The van der Waals surface area contributed by atoms with E-state index in [0.29, 0.717) is 0 Å². The third-order valence-corrected chi connectivity index (χ3v) is 2.89. The normalized spacial score (nSPS) is 10.4. The molecule has 0 saturated heterocycles. The largest absolute Gasteiger partial charge is 0.480 e. The summed E-state index contributed by atoms with van der Waals surface area (Å²) in [5, 5.41) is 19.6. The molecule has 20 heavy (non-hydrogen) atoms. The number of rotatable bonds is 5. The molecule has 1 N–H and O–H groups in total. The topological polar surface area (TPSA) is 101 Å². The zero-order valence-corrected chi connectivity index (χ0v) is 11.6. The van der Waals surface area contributed by atoms with Crippen LogP contribution in [0.2, 0.25) is 5.02 Å². The molecule has 7 nitrogen and oxygen atoms in total. The Kier molecular flexibility index (Phi) is 5.04. The molecule has 0 aromatic heterocycles. The maximum Gasteiger partial charge on any atom is 0.323 e. The summed E-state index contributed by atoms with van der Waals surface area (Å²) in [6, 6.07) is 3.54. The molecule has 0 saturated carbocycles. The van der Waals surface area contributed by atoms with E-state index in [1.54, 1.807) is 13.8 Å². The van der Waals surface area contributed by atoms with Gasteiger partial charge in [0.05, 0.1) is 4.92 Å². The van der Waals surface area contributed by atoms with Crippen molar-refractivity contribution >= 4 is 29.2 Å². The Labute approximate surface area is 119 Å². The molecular formula is C12H13ClN2O5. The van der Waals surface area contributed by atoms with Crippen LogP contribution >= 0.6 is 11.6 Å². The van der Waals surface area contributed by atoms with Gasteiger partial charge in [0.1, 0.15) is 17.1 Å². The van der Waals surface area contributed by atoms with Gasteiger partial charge in [0.25, 0.3) is 5.91 Å². The Morgan fingerprint density at radius 1 is 1.45 bits per heavy atom. The van der Waals surface area contributed by atoms with Crippen LogP contribution in [0.3, 0.4) is 0 Å². The second-order valence-corrected chi connectivity index (χ2v) is 4.72. The fourth-order valence-corrected chi connectivity index (χ4v) is 1.91. The number of nitro benzene ring substituents is 1. The average Bonchev–Trinajstić information content (AvgIpc) is 2.33. The molecule has 0 unspecified atom stereocenters. The Morgan fingerprint density at radius 2 is 2.05 bits per heavy atom. The van der Waals surface area contributed by atoms with Gasteiger partial charge in [-0.25, -0.2) is 0 Å². The van der Waals surface area contributed by atoms with E-state index in [2.05, 4.69) is 0 Å². The number of hydrogen-bond donors (Lipinski definition) is 1. The van der Waals surface area contributed by atoms with Crippen LogP contribution in [0.15, 0.2) is 18.2 Å². The lowest BCUT2D eigenvalue weighted by Crippen LogP contribution is -2.40. The summed E-state index contributed by atoms with van der Waals surface area (Å²) in [5.41, 5.74) is -0.743. The van der Waals surface area contributed by atoms with Crippen LogP contribution in [-0.4, -0.2) is 39.4 Å². The SMILES string of the molecule is CC(C)N(CC(=O)O)C(=O)c1cccc(Cl)c1[N+](=O)[O-]. The maximum absolute atomic E-state index is 12.3. The van der Waals surface area contributed by atoms with Crippen LogP contribution in [0.4, 0.5) is 5.69 Å². The van der Waals surface area contributed by atoms with Crippen LogP contribution in [0.5, 0.6) is 0 Å². The number of carbonyl (C=O) groups is 2. The van der Waals surface area contributed by atoms with E-state index in [1.165, 1.54) is 18.2 Å². The molecular weight excluding hydrogens is 288 g/mol. The van der Waals surface area contributed by atoms with Crippen LogP contribution < -0.4 is 0 Å². The summed E-state index contributed by atoms with van der Waals surface area (Å²) in [4.78, 5) is 34.4. The standard InChI is InChI=1S/C12H13ClN2O5/c1-7(2)14(6-10(16)17)12(18)8-4-3-5-9(13)11(8)15(19)20/h3-5,7H,6H2,1-2H3,(H,16,17). The van der Waals surface area contributed by atoms with Gasteiger partial charge in [0, 0.05) is 6.04 Å². The summed E-state index contributed by atoms with van der Waals surface area (Å²) < 4.78 is 0. The number of para-hydroxylation sites is 1. The Bertz CT molecular complexity index is 559. The summed E-state index contributed by atoms with van der Waals surface area (Å²) in [6.45, 7) is 2.70. The van der Waals surface area contributed by atoms with E-state index >= 15 is 0 Å². The van der Waals surface area contributed by atoms with Crippen molar-refractivity contribution in [3.05, 3.63) is 38.9 Å². The number of aliphatic carboxylic acids is 1. The number of carboxylic acids is 1. The van der Waals surface area contributed by atoms with Crippen molar-refractivity contribution in [2.75, 3.05) is 6.54 Å². The first kappa shape index (κ1) is 15.9. The fraction of sp³-hybridized carbons (Fsp3) is 0.333. The zero-order valence-electron chi connectivity index (χ0n) is 10.9. The molecule has 0 heterocycles. The lowest BCUT2D eigenvalue weighted by atomic mass is 10.1. The smallest absolute Gasteiger partial charge is 0.323 e. The number of benzene rings is 1. The van der Waals surface area contributed by atoms with Crippen molar-refractivity contribution in [2.45, 2.75) is 19.9 Å². The van der Waals surface area contributed by atoms with Crippen LogP contribution in [0, 0.1) is 10.1 Å². The van der Waals surface area contributed by atoms with Gasteiger partial charge in [-0.15, -0.1) is 0 Å². The van der Waals surface area contributed by atoms with Crippen LogP contribution in [0.25, 0.3) is 0 Å². The minimum absolute atomic E-state index is 0.167. The third kappa shape index (κ3) is 3.45. The van der Waals surface area contributed by atoms with E-state index in [-0.39, 0.29) is 10.6 Å². The van der Waals surface area contributed by atoms with Crippen molar-refractivity contribution in [2.24, 2.45) is 0 Å². The predicted molar refractivity (Wildman–Crippen MR) is 71.9 cm³/mol. The highest BCUT2D eigenvalue weighted by Crippen LogP contribution is 2.29. The lowest BCUT2D eigenvalue weighted by Gasteiger charge is -2.24. The van der Waals surface area contributed by atoms with Gasteiger partial charge in [-0.3, -0.25) is 19.7 Å². The summed E-state index contributed by atoms with van der Waals surface area (Å²) >= 11 is 5.73. The Hall–Kier alpha value is -2.15. The minimum Gasteiger partial charge on any atom is -0.480 e. The minimum atomic E-state index is -1.20. The van der Waals surface area contributed by atoms with E-state index in [0.717, 1.165) is 4.90 Å². The van der Waals surface area contributed by atoms with Gasteiger partial charge in [-0.2, -0.15) is 0 Å². The van der Waals surface area contributed by atoms with Gasteiger partial charge in [0.2, 0.25) is 0 Å². The van der Waals surface area contributed by atoms with Gasteiger partial charge in [-0.1, -0.05) is 17.7 Å². The molecule has 1 aromatic rings. The van der Waals surface area contributed by atoms with Crippen molar-refractivity contribution in [3.63, 3.8) is 0 Å². The summed E-state index contributed by atoms with van der Waals surface area (Å²) in [7, 11) is 0. The molecule has 0 fully saturated rings. The number of amides is 1. The molecule has 0 atom stereocenters. The fourth-order valence-electron chi connectivity index (χ4n) is 1.66. The Morgan fingerprint density at radius 3 is 2.50 bits per heavy atom. The first-order valence-corrected chi connectivity index (χ1v) is 6.09. The molecule has 1 rings (SSSR count). The highest BCUT2D eigenvalue weighted by Gasteiger charge is 2.29. The maximum atomic E-state index is 12.3. The summed E-state index contributed by atoms with van der Waals surface area (Å²) in [5.74, 6) is -1.94. The van der Waals surface area contributed by atoms with Crippen LogP contribution in [0.1, 0.15) is 24.2 Å². The van der Waals surface area contributed by atoms with Crippen molar-refractivity contribution in [1.82, 2.24) is 4.90 Å². The monoisotopic (exact) mass is 300 g/mol. The van der Waals surface area contributed by atoms with E-state index in [4.69, 9.17) is 16.7 Å². The van der Waals surface area contributed by atoms with Gasteiger partial charge < -0.3 is 10.0 Å². The molecule has 0 aliphatic rings. The number of nitro groups is 1. The van der Waals surface area contributed by atoms with E-state index in [1.807, 2.05) is 0 Å². The molecule has 0 radical (unpaired) electrons. The van der Waals surface area contributed by atoms with Gasteiger partial charge >= 0.3 is 11.7 Å². The number of nitrogens with zero attached hydrogens (tertiary/aromatic N) is 2. The number of carboxylic acid groups (broad SMARTS) is 1. The van der Waals surface area contributed by atoms with Gasteiger partial charge in [-0.05, 0) is 26.0 Å². The van der Waals surface area contributed by atoms with Crippen LogP contribution in [-0.2, 0) is 4.79 Å². The lowest BCUT2D eigenvalue weighted by molar-refractivity contribution is -0.385. The summed E-state index contributed by atoms with van der Waals surface area (Å²) in [6.07, 6.45) is 0. The molecule has 108 valence electrons. The molecule has 0 aliphatic heterocycles. The average molecular weight is 301 g/mol. The van der Waals surface area contributed by atoms with E-state index in [9.17, 15) is 19.7 Å². The number of carbonyl (C=O) groups excluding carboxylic acids is 1. The number of halogens is 1. The molecule has 0 spiro atoms. The van der Waals surface area contributed by atoms with E-state index < -0.39 is 35.1 Å². The molecule has 0 aliphatic carbocycles.